The van der Waals surface area contributed by atoms with Gasteiger partial charge in [-0.25, -0.2) is 8.78 Å². The van der Waals surface area contributed by atoms with Crippen molar-refractivity contribution < 1.29 is 18.4 Å². The summed E-state index contributed by atoms with van der Waals surface area (Å²) in [6.45, 7) is 4.97. The molecule has 1 aromatic carbocycles. The third-order valence-electron chi connectivity index (χ3n) is 4.07. The second-order valence-electron chi connectivity index (χ2n) is 6.26. The Morgan fingerprint density at radius 2 is 1.96 bits per heavy atom. The summed E-state index contributed by atoms with van der Waals surface area (Å²) < 4.78 is 27.5. The van der Waals surface area contributed by atoms with Gasteiger partial charge in [-0.3, -0.25) is 9.59 Å². The van der Waals surface area contributed by atoms with Gasteiger partial charge in [0.2, 0.25) is 5.91 Å². The number of piperidine rings is 1. The van der Waals surface area contributed by atoms with Crippen molar-refractivity contribution in [2.24, 2.45) is 11.8 Å². The van der Waals surface area contributed by atoms with Crippen LogP contribution in [0.1, 0.15) is 37.0 Å². The van der Waals surface area contributed by atoms with Gasteiger partial charge in [-0.1, -0.05) is 19.9 Å². The quantitative estimate of drug-likeness (QED) is 0.925. The molecule has 126 valence electrons. The van der Waals surface area contributed by atoms with E-state index >= 15 is 0 Å². The van der Waals surface area contributed by atoms with Crippen LogP contribution in [0.2, 0.25) is 0 Å². The standard InChI is InChI=1S/C17H22F2N2O2/c1-11(2)16(22)20-9-12-5-4-8-21(10-12)17(23)15-13(18)6-3-7-14(15)19/h3,6-7,11-12H,4-5,8-10H2,1-2H3,(H,20,22). The predicted octanol–water partition coefficient (Wildman–Crippen LogP) is 2.59. The molecule has 1 saturated heterocycles. The van der Waals surface area contributed by atoms with Crippen LogP contribution in [-0.2, 0) is 4.79 Å². The lowest BCUT2D eigenvalue weighted by Crippen LogP contribution is -2.44. The summed E-state index contributed by atoms with van der Waals surface area (Å²) in [4.78, 5) is 25.5. The lowest BCUT2D eigenvalue weighted by Gasteiger charge is -2.33. The summed E-state index contributed by atoms with van der Waals surface area (Å²) in [6.07, 6.45) is 1.63. The molecule has 1 heterocycles. The van der Waals surface area contributed by atoms with Crippen molar-refractivity contribution in [3.05, 3.63) is 35.4 Å². The van der Waals surface area contributed by atoms with Crippen LogP contribution in [0, 0.1) is 23.5 Å². The molecule has 1 unspecified atom stereocenters. The molecule has 1 fully saturated rings. The van der Waals surface area contributed by atoms with Crippen LogP contribution >= 0.6 is 0 Å². The maximum absolute atomic E-state index is 13.8. The normalized spacial score (nSPS) is 18.1. The average molecular weight is 324 g/mol. The van der Waals surface area contributed by atoms with Gasteiger partial charge in [0.15, 0.2) is 0 Å². The predicted molar refractivity (Wildman–Crippen MR) is 82.8 cm³/mol. The van der Waals surface area contributed by atoms with Gasteiger partial charge in [0.25, 0.3) is 5.91 Å². The molecule has 0 saturated carbocycles. The third kappa shape index (κ3) is 4.27. The molecule has 2 amide bonds. The monoisotopic (exact) mass is 324 g/mol. The van der Waals surface area contributed by atoms with Crippen LogP contribution in [0.3, 0.4) is 0 Å². The van der Waals surface area contributed by atoms with E-state index in [1.54, 1.807) is 0 Å². The molecule has 0 bridgehead atoms. The van der Waals surface area contributed by atoms with Crippen LogP contribution in [-0.4, -0.2) is 36.3 Å². The molecule has 23 heavy (non-hydrogen) atoms. The fourth-order valence-corrected chi connectivity index (χ4v) is 2.73. The smallest absolute Gasteiger partial charge is 0.259 e. The third-order valence-corrected chi connectivity index (χ3v) is 4.07. The summed E-state index contributed by atoms with van der Waals surface area (Å²) in [5.41, 5.74) is -0.501. The summed E-state index contributed by atoms with van der Waals surface area (Å²) in [7, 11) is 0. The second kappa shape index (κ2) is 7.53. The number of benzene rings is 1. The lowest BCUT2D eigenvalue weighted by molar-refractivity contribution is -0.124. The van der Waals surface area contributed by atoms with Crippen molar-refractivity contribution in [1.29, 1.82) is 0 Å². The van der Waals surface area contributed by atoms with E-state index in [0.29, 0.717) is 19.6 Å². The van der Waals surface area contributed by atoms with Crippen molar-refractivity contribution in [2.45, 2.75) is 26.7 Å². The molecule has 1 aliphatic heterocycles. The molecule has 0 aliphatic carbocycles. The molecule has 4 nitrogen and oxygen atoms in total. The fourth-order valence-electron chi connectivity index (χ4n) is 2.73. The van der Waals surface area contributed by atoms with E-state index in [-0.39, 0.29) is 17.7 Å². The van der Waals surface area contributed by atoms with Gasteiger partial charge in [0.05, 0.1) is 0 Å². The van der Waals surface area contributed by atoms with Crippen molar-refractivity contribution >= 4 is 11.8 Å². The molecule has 1 aromatic rings. The largest absolute Gasteiger partial charge is 0.356 e. The van der Waals surface area contributed by atoms with Gasteiger partial charge >= 0.3 is 0 Å². The van der Waals surface area contributed by atoms with Crippen LogP contribution in [0.25, 0.3) is 0 Å². The summed E-state index contributed by atoms with van der Waals surface area (Å²) in [6, 6.07) is 3.41. The Bertz CT molecular complexity index is 570. The molecule has 0 spiro atoms. The van der Waals surface area contributed by atoms with Gasteiger partial charge < -0.3 is 10.2 Å². The number of carbonyl (C=O) groups is 2. The number of likely N-dealkylation sites (tertiary alicyclic amines) is 1. The maximum atomic E-state index is 13.8. The highest BCUT2D eigenvalue weighted by molar-refractivity contribution is 5.94. The molecular formula is C17H22F2N2O2. The highest BCUT2D eigenvalue weighted by atomic mass is 19.1. The second-order valence-corrected chi connectivity index (χ2v) is 6.26. The Kier molecular flexibility index (Phi) is 5.69. The number of carbonyl (C=O) groups excluding carboxylic acids is 2. The summed E-state index contributed by atoms with van der Waals surface area (Å²) in [5, 5.41) is 2.85. The Morgan fingerprint density at radius 3 is 2.57 bits per heavy atom. The van der Waals surface area contributed by atoms with E-state index < -0.39 is 23.1 Å². The first kappa shape index (κ1) is 17.4. The van der Waals surface area contributed by atoms with Crippen molar-refractivity contribution in [3.63, 3.8) is 0 Å². The molecule has 6 heteroatoms. The molecular weight excluding hydrogens is 302 g/mol. The molecule has 1 aliphatic rings. The molecule has 0 aromatic heterocycles. The van der Waals surface area contributed by atoms with E-state index in [0.717, 1.165) is 25.0 Å². The Balaban J connectivity index is 2.00. The van der Waals surface area contributed by atoms with E-state index in [2.05, 4.69) is 5.32 Å². The lowest BCUT2D eigenvalue weighted by atomic mass is 9.97. The SMILES string of the molecule is CC(C)C(=O)NCC1CCCN(C(=O)c2c(F)cccc2F)C1. The number of nitrogens with zero attached hydrogens (tertiary/aromatic N) is 1. The topological polar surface area (TPSA) is 49.4 Å². The van der Waals surface area contributed by atoms with E-state index in [1.807, 2.05) is 13.8 Å². The van der Waals surface area contributed by atoms with Crippen LogP contribution in [0.4, 0.5) is 8.78 Å². The zero-order chi connectivity index (χ0) is 17.0. The van der Waals surface area contributed by atoms with Gasteiger partial charge in [-0.2, -0.15) is 0 Å². The average Bonchev–Trinajstić information content (AvgIpc) is 2.52. The molecule has 1 N–H and O–H groups in total. The van der Waals surface area contributed by atoms with Crippen molar-refractivity contribution in [2.75, 3.05) is 19.6 Å². The zero-order valence-electron chi connectivity index (χ0n) is 13.4. The van der Waals surface area contributed by atoms with Crippen LogP contribution in [0.15, 0.2) is 18.2 Å². The maximum Gasteiger partial charge on any atom is 0.259 e. The first-order valence-corrected chi connectivity index (χ1v) is 7.91. The number of nitrogens with one attached hydrogen (secondary N) is 1. The summed E-state index contributed by atoms with van der Waals surface area (Å²) in [5.74, 6) is -2.33. The van der Waals surface area contributed by atoms with Crippen molar-refractivity contribution in [3.8, 4) is 0 Å². The van der Waals surface area contributed by atoms with Gasteiger partial charge in [-0.15, -0.1) is 0 Å². The number of halogens is 2. The first-order valence-electron chi connectivity index (χ1n) is 7.91. The Labute approximate surface area is 134 Å². The van der Waals surface area contributed by atoms with Gasteiger partial charge in [0.1, 0.15) is 17.2 Å². The first-order chi connectivity index (χ1) is 10.9. The molecule has 1 atom stereocenters. The minimum atomic E-state index is -0.842. The Morgan fingerprint density at radius 1 is 1.30 bits per heavy atom. The zero-order valence-corrected chi connectivity index (χ0v) is 13.4. The summed E-state index contributed by atoms with van der Waals surface area (Å²) >= 11 is 0. The number of rotatable bonds is 4. The highest BCUT2D eigenvalue weighted by Crippen LogP contribution is 2.21. The molecule has 2 rings (SSSR count). The number of hydrogen-bond acceptors (Lipinski definition) is 2. The fraction of sp³-hybridized carbons (Fsp3) is 0.529. The Hall–Kier alpha value is -1.98. The van der Waals surface area contributed by atoms with Crippen LogP contribution in [0.5, 0.6) is 0 Å². The van der Waals surface area contributed by atoms with Gasteiger partial charge in [-0.05, 0) is 30.9 Å². The van der Waals surface area contributed by atoms with E-state index in [1.165, 1.54) is 11.0 Å². The number of hydrogen-bond donors (Lipinski definition) is 1. The van der Waals surface area contributed by atoms with E-state index in [4.69, 9.17) is 0 Å². The number of amides is 2. The molecule has 0 radical (unpaired) electrons. The minimum Gasteiger partial charge on any atom is -0.356 e. The van der Waals surface area contributed by atoms with Gasteiger partial charge in [0, 0.05) is 25.6 Å². The minimum absolute atomic E-state index is 0.0337. The van der Waals surface area contributed by atoms with E-state index in [9.17, 15) is 18.4 Å². The van der Waals surface area contributed by atoms with Crippen molar-refractivity contribution in [1.82, 2.24) is 10.2 Å². The highest BCUT2D eigenvalue weighted by Gasteiger charge is 2.28. The van der Waals surface area contributed by atoms with Crippen LogP contribution < -0.4 is 5.32 Å².